The largest absolute Gasteiger partial charge is 0.346 e. The molecule has 0 atom stereocenters. The van der Waals surface area contributed by atoms with Crippen molar-refractivity contribution in [2.75, 3.05) is 13.1 Å². The van der Waals surface area contributed by atoms with Gasteiger partial charge in [0.05, 0.1) is 0 Å². The van der Waals surface area contributed by atoms with Crippen molar-refractivity contribution < 1.29 is 9.59 Å². The number of hydrogen-bond acceptors (Lipinski definition) is 2. The van der Waals surface area contributed by atoms with Gasteiger partial charge in [0.25, 0.3) is 0 Å². The van der Waals surface area contributed by atoms with Gasteiger partial charge in [0.1, 0.15) is 5.54 Å². The molecule has 1 aliphatic rings. The fourth-order valence-corrected chi connectivity index (χ4v) is 3.91. The molecule has 3 aromatic carbocycles. The Hall–Kier alpha value is -3.40. The minimum atomic E-state index is -0.876. The van der Waals surface area contributed by atoms with Crippen LogP contribution in [0.3, 0.4) is 0 Å². The summed E-state index contributed by atoms with van der Waals surface area (Å²) in [6.07, 6.45) is 0. The molecule has 4 heteroatoms. The third-order valence-corrected chi connectivity index (χ3v) is 5.04. The molecule has 27 heavy (non-hydrogen) atoms. The van der Waals surface area contributed by atoms with Gasteiger partial charge in [-0.05, 0) is 16.7 Å². The van der Waals surface area contributed by atoms with E-state index in [1.165, 1.54) is 0 Å². The number of nitrogens with one attached hydrogen (secondary N) is 1. The highest BCUT2D eigenvalue weighted by Gasteiger charge is 2.47. The van der Waals surface area contributed by atoms with E-state index in [2.05, 4.69) is 5.32 Å². The monoisotopic (exact) mass is 356 g/mol. The van der Waals surface area contributed by atoms with Crippen molar-refractivity contribution in [2.24, 2.45) is 0 Å². The van der Waals surface area contributed by atoms with Gasteiger partial charge in [0.2, 0.25) is 0 Å². The predicted octanol–water partition coefficient (Wildman–Crippen LogP) is 2.94. The van der Waals surface area contributed by atoms with Gasteiger partial charge in [-0.3, -0.25) is 9.59 Å². The van der Waals surface area contributed by atoms with Gasteiger partial charge < -0.3 is 10.2 Å². The number of rotatable bonds is 4. The quantitative estimate of drug-likeness (QED) is 0.577. The number of benzene rings is 3. The second kappa shape index (κ2) is 7.08. The van der Waals surface area contributed by atoms with Crippen molar-refractivity contribution in [2.45, 2.75) is 5.54 Å². The molecule has 1 fully saturated rings. The van der Waals surface area contributed by atoms with Crippen molar-refractivity contribution in [3.63, 3.8) is 0 Å². The molecule has 0 radical (unpaired) electrons. The van der Waals surface area contributed by atoms with E-state index >= 15 is 0 Å². The Balaban J connectivity index is 2.07. The highest BCUT2D eigenvalue weighted by molar-refractivity contribution is 6.35. The second-order valence-electron chi connectivity index (χ2n) is 6.52. The number of amides is 2. The smallest absolute Gasteiger partial charge is 0.313 e. The van der Waals surface area contributed by atoms with Gasteiger partial charge in [-0.25, -0.2) is 0 Å². The van der Waals surface area contributed by atoms with Gasteiger partial charge in [0.15, 0.2) is 0 Å². The fraction of sp³-hybridized carbons (Fsp3) is 0.130. The SMILES string of the molecule is O=C1NCCN(C(c2ccccc2)(c2ccccc2)c2ccccc2)C1=O. The summed E-state index contributed by atoms with van der Waals surface area (Å²) >= 11 is 0. The number of nitrogens with zero attached hydrogens (tertiary/aromatic N) is 1. The molecule has 1 saturated heterocycles. The van der Waals surface area contributed by atoms with Crippen molar-refractivity contribution in [3.05, 3.63) is 108 Å². The van der Waals surface area contributed by atoms with E-state index in [1.54, 1.807) is 4.90 Å². The van der Waals surface area contributed by atoms with Crippen molar-refractivity contribution >= 4 is 11.8 Å². The lowest BCUT2D eigenvalue weighted by Crippen LogP contribution is -2.61. The molecule has 0 spiro atoms. The second-order valence-corrected chi connectivity index (χ2v) is 6.52. The topological polar surface area (TPSA) is 49.4 Å². The van der Waals surface area contributed by atoms with Crippen LogP contribution in [0.5, 0.6) is 0 Å². The molecule has 4 rings (SSSR count). The van der Waals surface area contributed by atoms with Crippen molar-refractivity contribution in [3.8, 4) is 0 Å². The summed E-state index contributed by atoms with van der Waals surface area (Å²) in [6.45, 7) is 0.863. The summed E-state index contributed by atoms with van der Waals surface area (Å²) in [7, 11) is 0. The van der Waals surface area contributed by atoms with E-state index < -0.39 is 17.4 Å². The molecule has 4 nitrogen and oxygen atoms in total. The van der Waals surface area contributed by atoms with Gasteiger partial charge in [-0.15, -0.1) is 0 Å². The van der Waals surface area contributed by atoms with Crippen LogP contribution in [0.25, 0.3) is 0 Å². The van der Waals surface area contributed by atoms with E-state index in [0.717, 1.165) is 16.7 Å². The lowest BCUT2D eigenvalue weighted by Gasteiger charge is -2.46. The maximum Gasteiger partial charge on any atom is 0.313 e. The molecule has 1 heterocycles. The van der Waals surface area contributed by atoms with Crippen LogP contribution in [-0.4, -0.2) is 29.8 Å². The maximum absolute atomic E-state index is 13.0. The van der Waals surface area contributed by atoms with E-state index in [4.69, 9.17) is 0 Å². The average molecular weight is 356 g/mol. The molecule has 0 aromatic heterocycles. The van der Waals surface area contributed by atoms with Crippen LogP contribution in [0.4, 0.5) is 0 Å². The van der Waals surface area contributed by atoms with Crippen molar-refractivity contribution in [1.82, 2.24) is 10.2 Å². The normalized spacial score (nSPS) is 14.7. The molecule has 0 aliphatic carbocycles. The first kappa shape index (κ1) is 17.0. The number of hydrogen-bond donors (Lipinski definition) is 1. The Kier molecular flexibility index (Phi) is 4.47. The van der Waals surface area contributed by atoms with Crippen LogP contribution in [-0.2, 0) is 15.1 Å². The Morgan fingerprint density at radius 1 is 0.667 bits per heavy atom. The van der Waals surface area contributed by atoms with Gasteiger partial charge in [-0.2, -0.15) is 0 Å². The van der Waals surface area contributed by atoms with Gasteiger partial charge in [-0.1, -0.05) is 91.0 Å². The van der Waals surface area contributed by atoms with E-state index in [9.17, 15) is 9.59 Å². The highest BCUT2D eigenvalue weighted by atomic mass is 16.2. The van der Waals surface area contributed by atoms with Crippen LogP contribution >= 0.6 is 0 Å². The lowest BCUT2D eigenvalue weighted by molar-refractivity contribution is -0.151. The fourth-order valence-electron chi connectivity index (χ4n) is 3.91. The minimum Gasteiger partial charge on any atom is -0.346 e. The van der Waals surface area contributed by atoms with Crippen LogP contribution in [0, 0.1) is 0 Å². The van der Waals surface area contributed by atoms with Crippen LogP contribution in [0.1, 0.15) is 16.7 Å². The summed E-state index contributed by atoms with van der Waals surface area (Å²) < 4.78 is 0. The molecule has 134 valence electrons. The number of carbonyl (C=O) groups excluding carboxylic acids is 2. The Morgan fingerprint density at radius 3 is 1.48 bits per heavy atom. The first-order chi connectivity index (χ1) is 13.2. The summed E-state index contributed by atoms with van der Waals surface area (Å²) in [5.41, 5.74) is 1.97. The molecule has 0 saturated carbocycles. The lowest BCUT2D eigenvalue weighted by atomic mass is 9.75. The molecular formula is C23H20N2O2. The zero-order chi connectivity index (χ0) is 18.7. The molecule has 3 aromatic rings. The summed E-state index contributed by atoms with van der Waals surface area (Å²) in [5.74, 6) is -1.08. The van der Waals surface area contributed by atoms with Crippen molar-refractivity contribution in [1.29, 1.82) is 0 Å². The van der Waals surface area contributed by atoms with Gasteiger partial charge >= 0.3 is 11.8 Å². The Bertz CT molecular complexity index is 843. The molecule has 1 N–H and O–H groups in total. The average Bonchev–Trinajstić information content (AvgIpc) is 2.74. The maximum atomic E-state index is 13.0. The molecule has 0 unspecified atom stereocenters. The van der Waals surface area contributed by atoms with E-state index in [1.807, 2.05) is 91.0 Å². The summed E-state index contributed by atoms with van der Waals surface area (Å²) in [4.78, 5) is 26.9. The molecular weight excluding hydrogens is 336 g/mol. The molecule has 0 bridgehead atoms. The molecule has 2 amide bonds. The van der Waals surface area contributed by atoms with Gasteiger partial charge in [0, 0.05) is 13.1 Å². The zero-order valence-corrected chi connectivity index (χ0v) is 14.8. The summed E-state index contributed by atoms with van der Waals surface area (Å²) in [5, 5.41) is 2.66. The standard InChI is InChI=1S/C23H20N2O2/c26-21-22(27)25(17-16-24-21)23(18-10-4-1-5-11-18,19-12-6-2-7-13-19)20-14-8-3-9-15-20/h1-15H,16-17H2,(H,24,26). The number of carbonyl (C=O) groups is 2. The number of piperazine rings is 1. The van der Waals surface area contributed by atoms with E-state index in [0.29, 0.717) is 13.1 Å². The Labute approximate surface area is 158 Å². The van der Waals surface area contributed by atoms with Crippen LogP contribution < -0.4 is 5.32 Å². The summed E-state index contributed by atoms with van der Waals surface area (Å²) in [6, 6.07) is 29.7. The predicted molar refractivity (Wildman–Crippen MR) is 104 cm³/mol. The third kappa shape index (κ3) is 2.79. The first-order valence-corrected chi connectivity index (χ1v) is 9.01. The van der Waals surface area contributed by atoms with Crippen LogP contribution in [0.2, 0.25) is 0 Å². The highest BCUT2D eigenvalue weighted by Crippen LogP contribution is 2.42. The zero-order valence-electron chi connectivity index (χ0n) is 14.8. The molecule has 1 aliphatic heterocycles. The Morgan fingerprint density at radius 2 is 1.07 bits per heavy atom. The first-order valence-electron chi connectivity index (χ1n) is 9.01. The third-order valence-electron chi connectivity index (χ3n) is 5.04. The minimum absolute atomic E-state index is 0.429. The van der Waals surface area contributed by atoms with Crippen LogP contribution in [0.15, 0.2) is 91.0 Å². The van der Waals surface area contributed by atoms with E-state index in [-0.39, 0.29) is 0 Å².